The SMILES string of the molecule is CCCN(CCC)c1ccnc(N(CCC)CCC)n1. The van der Waals surface area contributed by atoms with Crippen LogP contribution in [0.25, 0.3) is 0 Å². The molecule has 0 aromatic carbocycles. The molecule has 0 aliphatic rings. The first-order valence-corrected chi connectivity index (χ1v) is 8.09. The second kappa shape index (κ2) is 9.56. The lowest BCUT2D eigenvalue weighted by atomic mass is 10.3. The van der Waals surface area contributed by atoms with E-state index in [9.17, 15) is 0 Å². The molecule has 4 heteroatoms. The minimum Gasteiger partial charge on any atom is -0.356 e. The standard InChI is InChI=1S/C16H30N4/c1-5-11-19(12-6-2)15-9-10-17-16(18-15)20(13-7-3)14-8-4/h9-10H,5-8,11-14H2,1-4H3. The second-order valence-corrected chi connectivity index (χ2v) is 5.19. The van der Waals surface area contributed by atoms with Crippen LogP contribution in [0.3, 0.4) is 0 Å². The number of hydrogen-bond donors (Lipinski definition) is 0. The Hall–Kier alpha value is -1.32. The van der Waals surface area contributed by atoms with E-state index < -0.39 is 0 Å². The highest BCUT2D eigenvalue weighted by Crippen LogP contribution is 2.16. The molecule has 0 atom stereocenters. The van der Waals surface area contributed by atoms with Crippen LogP contribution >= 0.6 is 0 Å². The molecule has 0 unspecified atom stereocenters. The Morgan fingerprint density at radius 1 is 0.800 bits per heavy atom. The summed E-state index contributed by atoms with van der Waals surface area (Å²) in [6.07, 6.45) is 6.44. The fourth-order valence-corrected chi connectivity index (χ4v) is 2.40. The van der Waals surface area contributed by atoms with Gasteiger partial charge in [-0.1, -0.05) is 27.7 Å². The Labute approximate surface area is 124 Å². The predicted octanol–water partition coefficient (Wildman–Crippen LogP) is 3.73. The van der Waals surface area contributed by atoms with Crippen LogP contribution in [0, 0.1) is 0 Å². The minimum atomic E-state index is 0.878. The molecule has 0 aliphatic carbocycles. The molecule has 0 radical (unpaired) electrons. The smallest absolute Gasteiger partial charge is 0.227 e. The number of anilines is 2. The fraction of sp³-hybridized carbons (Fsp3) is 0.750. The third-order valence-corrected chi connectivity index (χ3v) is 3.21. The summed E-state index contributed by atoms with van der Waals surface area (Å²) in [5, 5.41) is 0. The molecule has 1 rings (SSSR count). The van der Waals surface area contributed by atoms with Gasteiger partial charge in [-0.25, -0.2) is 4.98 Å². The summed E-state index contributed by atoms with van der Waals surface area (Å²) in [5.74, 6) is 1.94. The Bertz CT molecular complexity index is 324. The molecule has 0 fully saturated rings. The van der Waals surface area contributed by atoms with Gasteiger partial charge < -0.3 is 9.80 Å². The third kappa shape index (κ3) is 4.99. The molecule has 1 aromatic rings. The number of nitrogens with zero attached hydrogens (tertiary/aromatic N) is 4. The number of hydrogen-bond acceptors (Lipinski definition) is 4. The van der Waals surface area contributed by atoms with Crippen LogP contribution in [-0.2, 0) is 0 Å². The van der Waals surface area contributed by atoms with Gasteiger partial charge in [0.25, 0.3) is 0 Å². The Balaban J connectivity index is 2.90. The summed E-state index contributed by atoms with van der Waals surface area (Å²) in [7, 11) is 0. The number of rotatable bonds is 10. The molecule has 0 bridgehead atoms. The number of aromatic nitrogens is 2. The summed E-state index contributed by atoms with van der Waals surface area (Å²) >= 11 is 0. The lowest BCUT2D eigenvalue weighted by Crippen LogP contribution is -2.29. The highest BCUT2D eigenvalue weighted by molar-refractivity contribution is 5.43. The first-order chi connectivity index (χ1) is 9.76. The van der Waals surface area contributed by atoms with Crippen molar-refractivity contribution in [3.8, 4) is 0 Å². The molecule has 1 aromatic heterocycles. The van der Waals surface area contributed by atoms with Gasteiger partial charge in [-0.2, -0.15) is 4.98 Å². The van der Waals surface area contributed by atoms with Gasteiger partial charge in [-0.15, -0.1) is 0 Å². The quantitative estimate of drug-likeness (QED) is 0.653. The van der Waals surface area contributed by atoms with Crippen LogP contribution in [0.2, 0.25) is 0 Å². The Morgan fingerprint density at radius 3 is 1.80 bits per heavy atom. The first-order valence-electron chi connectivity index (χ1n) is 8.09. The maximum Gasteiger partial charge on any atom is 0.227 e. The van der Waals surface area contributed by atoms with Crippen LogP contribution in [0.5, 0.6) is 0 Å². The van der Waals surface area contributed by atoms with E-state index in [0.717, 1.165) is 63.6 Å². The molecular formula is C16H30N4. The van der Waals surface area contributed by atoms with Gasteiger partial charge in [0.2, 0.25) is 5.95 Å². The van der Waals surface area contributed by atoms with Crippen LogP contribution in [0.1, 0.15) is 53.4 Å². The predicted molar refractivity (Wildman–Crippen MR) is 87.6 cm³/mol. The summed E-state index contributed by atoms with van der Waals surface area (Å²) in [6.45, 7) is 13.0. The summed E-state index contributed by atoms with van der Waals surface area (Å²) in [6, 6.07) is 2.03. The van der Waals surface area contributed by atoms with Crippen LogP contribution in [0.15, 0.2) is 12.3 Å². The van der Waals surface area contributed by atoms with E-state index in [1.165, 1.54) is 0 Å². The topological polar surface area (TPSA) is 32.3 Å². The highest BCUT2D eigenvalue weighted by atomic mass is 15.3. The normalized spacial score (nSPS) is 10.6. The van der Waals surface area contributed by atoms with Gasteiger partial charge in [0.15, 0.2) is 0 Å². The maximum atomic E-state index is 4.79. The van der Waals surface area contributed by atoms with E-state index >= 15 is 0 Å². The van der Waals surface area contributed by atoms with Crippen molar-refractivity contribution in [2.24, 2.45) is 0 Å². The van der Waals surface area contributed by atoms with Crippen molar-refractivity contribution in [2.75, 3.05) is 36.0 Å². The van der Waals surface area contributed by atoms with Gasteiger partial charge in [0.05, 0.1) is 0 Å². The highest BCUT2D eigenvalue weighted by Gasteiger charge is 2.11. The van der Waals surface area contributed by atoms with Crippen LogP contribution in [-0.4, -0.2) is 36.1 Å². The van der Waals surface area contributed by atoms with Crippen molar-refractivity contribution < 1.29 is 0 Å². The van der Waals surface area contributed by atoms with Gasteiger partial charge in [-0.05, 0) is 31.7 Å². The van der Waals surface area contributed by atoms with Crippen LogP contribution < -0.4 is 9.80 Å². The summed E-state index contributed by atoms with van der Waals surface area (Å²) in [5.41, 5.74) is 0. The zero-order valence-corrected chi connectivity index (χ0v) is 13.6. The van der Waals surface area contributed by atoms with Crippen molar-refractivity contribution in [2.45, 2.75) is 53.4 Å². The summed E-state index contributed by atoms with van der Waals surface area (Å²) in [4.78, 5) is 13.9. The monoisotopic (exact) mass is 278 g/mol. The Kier molecular flexibility index (Phi) is 8.00. The molecule has 0 N–H and O–H groups in total. The van der Waals surface area contributed by atoms with E-state index in [1.807, 2.05) is 12.3 Å². The van der Waals surface area contributed by atoms with Crippen molar-refractivity contribution in [3.05, 3.63) is 12.3 Å². The molecule has 114 valence electrons. The molecule has 0 saturated carbocycles. The van der Waals surface area contributed by atoms with E-state index in [2.05, 4.69) is 42.5 Å². The van der Waals surface area contributed by atoms with Gasteiger partial charge in [0.1, 0.15) is 5.82 Å². The van der Waals surface area contributed by atoms with Gasteiger partial charge in [0, 0.05) is 32.4 Å². The molecule has 0 aliphatic heterocycles. The largest absolute Gasteiger partial charge is 0.356 e. The van der Waals surface area contributed by atoms with Gasteiger partial charge >= 0.3 is 0 Å². The van der Waals surface area contributed by atoms with E-state index in [0.29, 0.717) is 0 Å². The third-order valence-electron chi connectivity index (χ3n) is 3.21. The van der Waals surface area contributed by atoms with Crippen molar-refractivity contribution in [1.82, 2.24) is 9.97 Å². The average Bonchev–Trinajstić information content (AvgIpc) is 2.47. The molecule has 20 heavy (non-hydrogen) atoms. The Morgan fingerprint density at radius 2 is 1.30 bits per heavy atom. The molecule has 4 nitrogen and oxygen atoms in total. The van der Waals surface area contributed by atoms with E-state index in [4.69, 9.17) is 4.98 Å². The second-order valence-electron chi connectivity index (χ2n) is 5.19. The zero-order chi connectivity index (χ0) is 14.8. The fourth-order valence-electron chi connectivity index (χ4n) is 2.40. The molecule has 0 amide bonds. The van der Waals surface area contributed by atoms with E-state index in [1.54, 1.807) is 0 Å². The molecular weight excluding hydrogens is 248 g/mol. The lowest BCUT2D eigenvalue weighted by molar-refractivity contribution is 0.706. The van der Waals surface area contributed by atoms with Crippen molar-refractivity contribution in [1.29, 1.82) is 0 Å². The maximum absolute atomic E-state index is 4.79. The molecule has 0 spiro atoms. The average molecular weight is 278 g/mol. The first kappa shape index (κ1) is 16.7. The molecule has 0 saturated heterocycles. The van der Waals surface area contributed by atoms with Gasteiger partial charge in [-0.3, -0.25) is 0 Å². The van der Waals surface area contributed by atoms with Crippen molar-refractivity contribution in [3.63, 3.8) is 0 Å². The summed E-state index contributed by atoms with van der Waals surface area (Å²) < 4.78 is 0. The molecule has 1 heterocycles. The van der Waals surface area contributed by atoms with Crippen molar-refractivity contribution >= 4 is 11.8 Å². The van der Waals surface area contributed by atoms with E-state index in [-0.39, 0.29) is 0 Å². The van der Waals surface area contributed by atoms with Crippen LogP contribution in [0.4, 0.5) is 11.8 Å². The minimum absolute atomic E-state index is 0.878. The zero-order valence-electron chi connectivity index (χ0n) is 13.6. The lowest BCUT2D eigenvalue weighted by Gasteiger charge is -2.25.